The quantitative estimate of drug-likeness (QED) is 0.301. The van der Waals surface area contributed by atoms with Gasteiger partial charge in [0.1, 0.15) is 0 Å². The standard InChI is InChI=1S/C18H22N4O2/c19-20-17(23)13-7-8-14-18(24)22(16-11-5-2-6-12-16)21-15-9-3-1-4-10-15/h1-6,9-12,21H,7-8,13-14,19H2,(H,20,23). The van der Waals surface area contributed by atoms with Gasteiger partial charge in [-0.25, -0.2) is 10.9 Å². The molecule has 6 heteroatoms. The minimum absolute atomic E-state index is 0.0572. The Labute approximate surface area is 141 Å². The summed E-state index contributed by atoms with van der Waals surface area (Å²) in [7, 11) is 0. The van der Waals surface area contributed by atoms with E-state index in [9.17, 15) is 9.59 Å². The van der Waals surface area contributed by atoms with Crippen molar-refractivity contribution < 1.29 is 9.59 Å². The first-order valence-electron chi connectivity index (χ1n) is 7.90. The second kappa shape index (κ2) is 9.32. The predicted octanol–water partition coefficient (Wildman–Crippen LogP) is 2.60. The molecular weight excluding hydrogens is 304 g/mol. The van der Waals surface area contributed by atoms with Gasteiger partial charge in [-0.3, -0.25) is 20.4 Å². The lowest BCUT2D eigenvalue weighted by Crippen LogP contribution is -2.36. The number of rotatable bonds is 8. The minimum Gasteiger partial charge on any atom is -0.294 e. The average molecular weight is 326 g/mol. The molecule has 4 N–H and O–H groups in total. The molecule has 0 radical (unpaired) electrons. The van der Waals surface area contributed by atoms with Crippen molar-refractivity contribution in [2.45, 2.75) is 25.7 Å². The van der Waals surface area contributed by atoms with Crippen LogP contribution in [0, 0.1) is 0 Å². The van der Waals surface area contributed by atoms with Gasteiger partial charge in [0.25, 0.3) is 0 Å². The molecule has 0 bridgehead atoms. The van der Waals surface area contributed by atoms with E-state index in [2.05, 4.69) is 10.9 Å². The summed E-state index contributed by atoms with van der Waals surface area (Å²) in [5.41, 5.74) is 6.83. The Morgan fingerprint density at radius 2 is 1.46 bits per heavy atom. The number of hydrazine groups is 2. The van der Waals surface area contributed by atoms with Crippen LogP contribution in [0.4, 0.5) is 11.4 Å². The van der Waals surface area contributed by atoms with Crippen LogP contribution in [0.3, 0.4) is 0 Å². The van der Waals surface area contributed by atoms with E-state index in [0.29, 0.717) is 25.7 Å². The molecule has 0 heterocycles. The number of carbonyl (C=O) groups excluding carboxylic acids is 2. The van der Waals surface area contributed by atoms with E-state index in [1.807, 2.05) is 60.7 Å². The van der Waals surface area contributed by atoms with Gasteiger partial charge in [0.05, 0.1) is 11.4 Å². The molecule has 24 heavy (non-hydrogen) atoms. The lowest BCUT2D eigenvalue weighted by molar-refractivity contribution is -0.122. The van der Waals surface area contributed by atoms with Crippen molar-refractivity contribution in [1.82, 2.24) is 5.43 Å². The normalized spacial score (nSPS) is 10.0. The first-order valence-corrected chi connectivity index (χ1v) is 7.90. The Balaban J connectivity index is 2.00. The molecule has 0 aliphatic carbocycles. The van der Waals surface area contributed by atoms with Crippen LogP contribution in [0.5, 0.6) is 0 Å². The molecular formula is C18H22N4O2. The van der Waals surface area contributed by atoms with Crippen molar-refractivity contribution in [3.63, 3.8) is 0 Å². The van der Waals surface area contributed by atoms with Gasteiger partial charge in [0.15, 0.2) is 0 Å². The Morgan fingerprint density at radius 3 is 2.08 bits per heavy atom. The van der Waals surface area contributed by atoms with Crippen LogP contribution in [0.1, 0.15) is 25.7 Å². The second-order valence-corrected chi connectivity index (χ2v) is 5.32. The van der Waals surface area contributed by atoms with E-state index in [0.717, 1.165) is 11.4 Å². The monoisotopic (exact) mass is 326 g/mol. The number of carbonyl (C=O) groups is 2. The molecule has 126 valence electrons. The van der Waals surface area contributed by atoms with Gasteiger partial charge in [0, 0.05) is 12.8 Å². The number of nitrogens with one attached hydrogen (secondary N) is 2. The van der Waals surface area contributed by atoms with Gasteiger partial charge in [-0.1, -0.05) is 36.4 Å². The lowest BCUT2D eigenvalue weighted by atomic mass is 10.1. The van der Waals surface area contributed by atoms with Gasteiger partial charge >= 0.3 is 0 Å². The molecule has 0 saturated carbocycles. The average Bonchev–Trinajstić information content (AvgIpc) is 2.64. The maximum absolute atomic E-state index is 12.6. The Hall–Kier alpha value is -2.86. The van der Waals surface area contributed by atoms with Crippen molar-refractivity contribution >= 4 is 23.2 Å². The third kappa shape index (κ3) is 5.40. The smallest absolute Gasteiger partial charge is 0.245 e. The number of anilines is 2. The number of nitrogens with two attached hydrogens (primary N) is 1. The fourth-order valence-electron chi connectivity index (χ4n) is 2.24. The van der Waals surface area contributed by atoms with Crippen LogP contribution in [-0.4, -0.2) is 11.8 Å². The van der Waals surface area contributed by atoms with Gasteiger partial charge in [-0.15, -0.1) is 0 Å². The third-order valence-electron chi connectivity index (χ3n) is 3.48. The van der Waals surface area contributed by atoms with E-state index < -0.39 is 0 Å². The van der Waals surface area contributed by atoms with Crippen LogP contribution in [-0.2, 0) is 9.59 Å². The molecule has 0 saturated heterocycles. The molecule has 6 nitrogen and oxygen atoms in total. The number of benzene rings is 2. The van der Waals surface area contributed by atoms with Crippen LogP contribution >= 0.6 is 0 Å². The minimum atomic E-state index is -0.218. The van der Waals surface area contributed by atoms with Crippen LogP contribution < -0.4 is 21.7 Å². The molecule has 0 atom stereocenters. The molecule has 0 aliphatic heterocycles. The van der Waals surface area contributed by atoms with Crippen molar-refractivity contribution in [2.24, 2.45) is 5.84 Å². The first-order chi connectivity index (χ1) is 11.7. The van der Waals surface area contributed by atoms with Gasteiger partial charge in [-0.05, 0) is 37.1 Å². The summed E-state index contributed by atoms with van der Waals surface area (Å²) in [5, 5.41) is 1.54. The predicted molar refractivity (Wildman–Crippen MR) is 94.8 cm³/mol. The van der Waals surface area contributed by atoms with Crippen LogP contribution in [0.15, 0.2) is 60.7 Å². The molecule has 0 aromatic heterocycles. The van der Waals surface area contributed by atoms with Crippen molar-refractivity contribution in [3.05, 3.63) is 60.7 Å². The largest absolute Gasteiger partial charge is 0.294 e. The highest BCUT2D eigenvalue weighted by atomic mass is 16.2. The molecule has 2 rings (SSSR count). The Kier molecular flexibility index (Phi) is 6.79. The Morgan fingerprint density at radius 1 is 0.875 bits per heavy atom. The molecule has 2 aromatic rings. The number of para-hydroxylation sites is 2. The van der Waals surface area contributed by atoms with Gasteiger partial charge in [-0.2, -0.15) is 0 Å². The highest BCUT2D eigenvalue weighted by molar-refractivity contribution is 5.95. The Bertz CT molecular complexity index is 647. The topological polar surface area (TPSA) is 87.5 Å². The summed E-state index contributed by atoms with van der Waals surface area (Å²) < 4.78 is 0. The maximum Gasteiger partial charge on any atom is 0.245 e. The van der Waals surface area contributed by atoms with Crippen LogP contribution in [0.2, 0.25) is 0 Å². The molecule has 2 aromatic carbocycles. The van der Waals surface area contributed by atoms with Crippen molar-refractivity contribution in [3.8, 4) is 0 Å². The fraction of sp³-hybridized carbons (Fsp3) is 0.222. The first kappa shape index (κ1) is 17.5. The highest BCUT2D eigenvalue weighted by Gasteiger charge is 2.15. The number of unbranched alkanes of at least 4 members (excludes halogenated alkanes) is 1. The zero-order valence-corrected chi connectivity index (χ0v) is 13.4. The zero-order chi connectivity index (χ0) is 17.2. The fourth-order valence-corrected chi connectivity index (χ4v) is 2.24. The van der Waals surface area contributed by atoms with Crippen molar-refractivity contribution in [1.29, 1.82) is 0 Å². The second-order valence-electron chi connectivity index (χ2n) is 5.32. The third-order valence-corrected chi connectivity index (χ3v) is 3.48. The molecule has 0 unspecified atom stereocenters. The summed E-state index contributed by atoms with van der Waals surface area (Å²) in [5.74, 6) is 4.76. The van der Waals surface area contributed by atoms with Gasteiger partial charge in [0.2, 0.25) is 11.8 Å². The molecule has 0 aliphatic rings. The van der Waals surface area contributed by atoms with E-state index in [-0.39, 0.29) is 11.8 Å². The summed E-state index contributed by atoms with van der Waals surface area (Å²) in [6.45, 7) is 0. The number of nitrogens with zero attached hydrogens (tertiary/aromatic N) is 1. The van der Waals surface area contributed by atoms with E-state index in [4.69, 9.17) is 5.84 Å². The number of hydrogen-bond donors (Lipinski definition) is 3. The summed E-state index contributed by atoms with van der Waals surface area (Å²) in [6.07, 6.45) is 1.89. The van der Waals surface area contributed by atoms with E-state index >= 15 is 0 Å². The summed E-state index contributed by atoms with van der Waals surface area (Å²) in [4.78, 5) is 23.7. The SMILES string of the molecule is NNC(=O)CCCCC(=O)N(Nc1ccccc1)c1ccccc1. The maximum atomic E-state index is 12.6. The molecule has 0 spiro atoms. The summed E-state index contributed by atoms with van der Waals surface area (Å²) >= 11 is 0. The van der Waals surface area contributed by atoms with Gasteiger partial charge < -0.3 is 0 Å². The lowest BCUT2D eigenvalue weighted by Gasteiger charge is -2.24. The molecule has 0 fully saturated rings. The number of hydrogen-bond acceptors (Lipinski definition) is 4. The van der Waals surface area contributed by atoms with E-state index in [1.54, 1.807) is 5.01 Å². The van der Waals surface area contributed by atoms with E-state index in [1.165, 1.54) is 0 Å². The van der Waals surface area contributed by atoms with Crippen molar-refractivity contribution in [2.75, 3.05) is 10.4 Å². The summed E-state index contributed by atoms with van der Waals surface area (Å²) in [6, 6.07) is 18.9. The number of amides is 2. The molecule has 2 amide bonds. The highest BCUT2D eigenvalue weighted by Crippen LogP contribution is 2.18. The van der Waals surface area contributed by atoms with Crippen LogP contribution in [0.25, 0.3) is 0 Å². The zero-order valence-electron chi connectivity index (χ0n) is 13.4.